The van der Waals surface area contributed by atoms with E-state index in [0.29, 0.717) is 0 Å². The highest BCUT2D eigenvalue weighted by Crippen LogP contribution is 2.15. The molecule has 3 rings (SSSR count). The molecule has 2 aromatic carbocycles. The number of nitrogens with zero attached hydrogens (tertiary/aromatic N) is 2. The second-order valence-corrected chi connectivity index (χ2v) is 6.47. The van der Waals surface area contributed by atoms with Crippen LogP contribution in [0.4, 0.5) is 0 Å². The molecule has 0 saturated carbocycles. The summed E-state index contributed by atoms with van der Waals surface area (Å²) in [5.41, 5.74) is 5.23. The molecule has 1 atom stereocenters. The van der Waals surface area contributed by atoms with Crippen LogP contribution in [0.15, 0.2) is 69.5 Å². The Morgan fingerprint density at radius 3 is 2.77 bits per heavy atom. The summed E-state index contributed by atoms with van der Waals surface area (Å²) in [4.78, 5) is 20.3. The Labute approximate surface area is 159 Å². The number of carbonyl (C=O) groups is 1. The van der Waals surface area contributed by atoms with E-state index in [9.17, 15) is 4.79 Å². The van der Waals surface area contributed by atoms with Gasteiger partial charge in [-0.3, -0.25) is 4.79 Å². The predicted octanol–water partition coefficient (Wildman–Crippen LogP) is 3.82. The third-order valence-electron chi connectivity index (χ3n) is 3.66. The van der Waals surface area contributed by atoms with Crippen LogP contribution in [0.5, 0.6) is 0 Å². The summed E-state index contributed by atoms with van der Waals surface area (Å²) < 4.78 is 0.983. The lowest BCUT2D eigenvalue weighted by molar-refractivity contribution is -0.131. The summed E-state index contributed by atoms with van der Waals surface area (Å²) >= 11 is 3.36. The van der Waals surface area contributed by atoms with Crippen LogP contribution in [0.3, 0.4) is 0 Å². The molecule has 1 heterocycles. The van der Waals surface area contributed by atoms with Gasteiger partial charge in [-0.15, -0.1) is 0 Å². The minimum absolute atomic E-state index is 0.381. The van der Waals surface area contributed by atoms with E-state index in [-0.39, 0.29) is 5.91 Å². The van der Waals surface area contributed by atoms with Crippen molar-refractivity contribution < 1.29 is 9.63 Å². The fourth-order valence-electron chi connectivity index (χ4n) is 2.24. The van der Waals surface area contributed by atoms with Gasteiger partial charge in [0, 0.05) is 27.1 Å². The quantitative estimate of drug-likeness (QED) is 0.476. The summed E-state index contributed by atoms with van der Waals surface area (Å²) in [6.07, 6.45) is 4.21. The third kappa shape index (κ3) is 4.58. The van der Waals surface area contributed by atoms with E-state index < -0.39 is 6.10 Å². The molecular weight excluding hydrogens is 396 g/mol. The highest BCUT2D eigenvalue weighted by atomic mass is 79.9. The summed E-state index contributed by atoms with van der Waals surface area (Å²) in [5, 5.41) is 8.85. The molecule has 1 amide bonds. The fourth-order valence-corrected chi connectivity index (χ4v) is 2.50. The zero-order chi connectivity index (χ0) is 18.4. The van der Waals surface area contributed by atoms with Gasteiger partial charge in [-0.1, -0.05) is 51.4 Å². The number of para-hydroxylation sites is 1. The number of benzene rings is 2. The average Bonchev–Trinajstić information content (AvgIpc) is 3.06. The maximum Gasteiger partial charge on any atom is 0.283 e. The van der Waals surface area contributed by atoms with Crippen molar-refractivity contribution in [3.63, 3.8) is 0 Å². The van der Waals surface area contributed by atoms with Crippen LogP contribution in [0.1, 0.15) is 18.1 Å². The van der Waals surface area contributed by atoms with Crippen LogP contribution in [0.2, 0.25) is 0 Å². The van der Waals surface area contributed by atoms with Gasteiger partial charge in [0.05, 0.1) is 12.4 Å². The summed E-state index contributed by atoms with van der Waals surface area (Å²) in [6.45, 7) is 1.61. The molecule has 0 aliphatic carbocycles. The molecule has 1 unspecified atom stereocenters. The second-order valence-electron chi connectivity index (χ2n) is 5.56. The molecule has 132 valence electrons. The molecule has 26 heavy (non-hydrogen) atoms. The van der Waals surface area contributed by atoms with Crippen LogP contribution >= 0.6 is 15.9 Å². The van der Waals surface area contributed by atoms with E-state index in [1.54, 1.807) is 19.4 Å². The van der Waals surface area contributed by atoms with Crippen molar-refractivity contribution >= 4 is 45.2 Å². The first kappa shape index (κ1) is 17.9. The van der Waals surface area contributed by atoms with Crippen molar-refractivity contribution in [2.24, 2.45) is 10.3 Å². The van der Waals surface area contributed by atoms with E-state index >= 15 is 0 Å². The third-order valence-corrected chi connectivity index (χ3v) is 4.19. The van der Waals surface area contributed by atoms with Crippen LogP contribution in [0.25, 0.3) is 10.9 Å². The molecule has 0 saturated heterocycles. The van der Waals surface area contributed by atoms with Gasteiger partial charge in [0.25, 0.3) is 5.91 Å². The van der Waals surface area contributed by atoms with Gasteiger partial charge in [0.1, 0.15) is 0 Å². The van der Waals surface area contributed by atoms with Crippen LogP contribution in [-0.2, 0) is 9.63 Å². The number of oxime groups is 1. The number of aromatic nitrogens is 1. The number of hydrogen-bond acceptors (Lipinski definition) is 4. The number of rotatable bonds is 6. The minimum Gasteiger partial charge on any atom is -0.383 e. The van der Waals surface area contributed by atoms with Crippen molar-refractivity contribution in [2.45, 2.75) is 13.0 Å². The SMILES string of the molecule is CC(ON=Cc1ccc(Br)cc1)C(=O)N/N=C/c1c[nH]c2ccccc12. The van der Waals surface area contributed by atoms with E-state index in [2.05, 4.69) is 36.6 Å². The zero-order valence-corrected chi connectivity index (χ0v) is 15.6. The van der Waals surface area contributed by atoms with Gasteiger partial charge in [-0.25, -0.2) is 5.43 Å². The Kier molecular flexibility index (Phi) is 5.80. The Bertz CT molecular complexity index is 948. The highest BCUT2D eigenvalue weighted by Gasteiger charge is 2.12. The molecule has 3 aromatic rings. The lowest BCUT2D eigenvalue weighted by Crippen LogP contribution is -2.30. The van der Waals surface area contributed by atoms with Crippen molar-refractivity contribution in [3.05, 3.63) is 70.3 Å². The maximum atomic E-state index is 12.0. The largest absolute Gasteiger partial charge is 0.383 e. The lowest BCUT2D eigenvalue weighted by Gasteiger charge is -2.06. The van der Waals surface area contributed by atoms with Gasteiger partial charge < -0.3 is 9.82 Å². The number of hydrogen-bond donors (Lipinski definition) is 2. The Morgan fingerprint density at radius 1 is 1.19 bits per heavy atom. The highest BCUT2D eigenvalue weighted by molar-refractivity contribution is 9.10. The first-order valence-electron chi connectivity index (χ1n) is 7.97. The molecule has 7 heteroatoms. The summed E-state index contributed by atoms with van der Waals surface area (Å²) in [7, 11) is 0. The van der Waals surface area contributed by atoms with Crippen LogP contribution in [-0.4, -0.2) is 29.4 Å². The van der Waals surface area contributed by atoms with Gasteiger partial charge >= 0.3 is 0 Å². The van der Waals surface area contributed by atoms with Crippen LogP contribution < -0.4 is 5.43 Å². The lowest BCUT2D eigenvalue weighted by atomic mass is 10.2. The molecule has 0 spiro atoms. The zero-order valence-electron chi connectivity index (χ0n) is 14.0. The Balaban J connectivity index is 1.51. The van der Waals surface area contributed by atoms with Crippen LogP contribution in [0, 0.1) is 0 Å². The van der Waals surface area contributed by atoms with Crippen molar-refractivity contribution in [3.8, 4) is 0 Å². The summed E-state index contributed by atoms with van der Waals surface area (Å²) in [5.74, 6) is -0.381. The number of nitrogens with one attached hydrogen (secondary N) is 2. The topological polar surface area (TPSA) is 78.8 Å². The minimum atomic E-state index is -0.762. The van der Waals surface area contributed by atoms with Crippen molar-refractivity contribution in [1.29, 1.82) is 0 Å². The van der Waals surface area contributed by atoms with Crippen molar-refractivity contribution in [1.82, 2.24) is 10.4 Å². The molecule has 0 radical (unpaired) electrons. The van der Waals surface area contributed by atoms with Crippen molar-refractivity contribution in [2.75, 3.05) is 0 Å². The smallest absolute Gasteiger partial charge is 0.283 e. The number of fused-ring (bicyclic) bond motifs is 1. The molecule has 0 aliphatic rings. The molecule has 1 aromatic heterocycles. The van der Waals surface area contributed by atoms with E-state index in [1.165, 1.54) is 0 Å². The molecule has 6 nitrogen and oxygen atoms in total. The van der Waals surface area contributed by atoms with Gasteiger partial charge in [0.15, 0.2) is 0 Å². The number of amides is 1. The van der Waals surface area contributed by atoms with Gasteiger partial charge in [-0.05, 0) is 30.7 Å². The molecule has 0 aliphatic heterocycles. The van der Waals surface area contributed by atoms with E-state index in [4.69, 9.17) is 4.84 Å². The predicted molar refractivity (Wildman–Crippen MR) is 106 cm³/mol. The molecule has 0 bridgehead atoms. The van der Waals surface area contributed by atoms with E-state index in [1.807, 2.05) is 54.7 Å². The first-order chi connectivity index (χ1) is 12.6. The summed E-state index contributed by atoms with van der Waals surface area (Å²) in [6, 6.07) is 15.4. The first-order valence-corrected chi connectivity index (χ1v) is 8.76. The molecule has 2 N–H and O–H groups in total. The number of aromatic amines is 1. The normalized spacial score (nSPS) is 12.7. The number of halogens is 1. The average molecular weight is 413 g/mol. The maximum absolute atomic E-state index is 12.0. The second kappa shape index (κ2) is 8.44. The molecular formula is C19H17BrN4O2. The number of H-pyrrole nitrogens is 1. The van der Waals surface area contributed by atoms with Gasteiger partial charge in [0.2, 0.25) is 6.10 Å². The number of carbonyl (C=O) groups excluding carboxylic acids is 1. The number of hydrazone groups is 1. The monoisotopic (exact) mass is 412 g/mol. The fraction of sp³-hybridized carbons (Fsp3) is 0.105. The Morgan fingerprint density at radius 2 is 1.96 bits per heavy atom. The standard InChI is InChI=1S/C19H17BrN4O2/c1-13(26-23-10-14-6-8-16(20)9-7-14)19(25)24-22-12-15-11-21-18-5-3-2-4-17(15)18/h2-13,21H,1H3,(H,24,25)/b22-12+,23-10?. The molecule has 0 fully saturated rings. The van der Waals surface area contributed by atoms with E-state index in [0.717, 1.165) is 26.5 Å². The Hall–Kier alpha value is -2.93. The van der Waals surface area contributed by atoms with Gasteiger partial charge in [-0.2, -0.15) is 5.10 Å².